The van der Waals surface area contributed by atoms with Crippen molar-refractivity contribution in [1.29, 1.82) is 0 Å². The second-order valence-corrected chi connectivity index (χ2v) is 11.3. The maximum atomic E-state index is 14.5. The van der Waals surface area contributed by atoms with Crippen molar-refractivity contribution in [3.05, 3.63) is 78.4 Å². The summed E-state index contributed by atoms with van der Waals surface area (Å²) >= 11 is 0. The Kier molecular flexibility index (Phi) is 8.04. The van der Waals surface area contributed by atoms with Gasteiger partial charge in [-0.25, -0.2) is 12.8 Å². The minimum Gasteiger partial charge on any atom is -0.487 e. The largest absolute Gasteiger partial charge is 0.487 e. The molecule has 9 heteroatoms. The number of ether oxygens (including phenoxy) is 1. The molecular formula is C27H32FN3O4S. The molecule has 0 saturated carbocycles. The van der Waals surface area contributed by atoms with E-state index < -0.39 is 21.9 Å². The number of fused-ring (bicyclic) bond motifs is 1. The summed E-state index contributed by atoms with van der Waals surface area (Å²) in [5, 5.41) is 9.82. The van der Waals surface area contributed by atoms with Gasteiger partial charge in [-0.1, -0.05) is 37.3 Å². The Morgan fingerprint density at radius 1 is 1.22 bits per heavy atom. The Hall–Kier alpha value is -2.85. The third kappa shape index (κ3) is 5.59. The summed E-state index contributed by atoms with van der Waals surface area (Å²) in [7, 11) is -1.99. The fraction of sp³-hybridized carbons (Fsp3) is 0.370. The highest BCUT2D eigenvalue weighted by molar-refractivity contribution is 7.89. The van der Waals surface area contributed by atoms with Crippen molar-refractivity contribution in [2.45, 2.75) is 37.4 Å². The number of pyridine rings is 1. The first kappa shape index (κ1) is 26.2. The van der Waals surface area contributed by atoms with Crippen LogP contribution < -0.4 is 4.74 Å². The normalized spacial score (nSPS) is 20.7. The van der Waals surface area contributed by atoms with Crippen molar-refractivity contribution >= 4 is 10.0 Å². The van der Waals surface area contributed by atoms with E-state index in [0.29, 0.717) is 24.2 Å². The van der Waals surface area contributed by atoms with Gasteiger partial charge in [0.2, 0.25) is 10.0 Å². The zero-order valence-electron chi connectivity index (χ0n) is 20.7. The molecule has 7 nitrogen and oxygen atoms in total. The van der Waals surface area contributed by atoms with Gasteiger partial charge < -0.3 is 9.84 Å². The third-order valence-electron chi connectivity index (χ3n) is 6.52. The van der Waals surface area contributed by atoms with Crippen LogP contribution >= 0.6 is 0 Å². The van der Waals surface area contributed by atoms with Gasteiger partial charge in [0, 0.05) is 49.6 Å². The predicted octanol–water partition coefficient (Wildman–Crippen LogP) is 3.79. The van der Waals surface area contributed by atoms with E-state index in [9.17, 15) is 17.9 Å². The molecule has 0 fully saturated rings. The quantitative estimate of drug-likeness (QED) is 0.518. The number of aromatic nitrogens is 1. The molecule has 0 saturated heterocycles. The van der Waals surface area contributed by atoms with Crippen LogP contribution in [0.1, 0.15) is 19.4 Å². The molecule has 3 atom stereocenters. The molecule has 4 rings (SSSR count). The van der Waals surface area contributed by atoms with E-state index in [1.54, 1.807) is 43.5 Å². The number of hydrogen-bond acceptors (Lipinski definition) is 6. The number of sulfonamides is 1. The fourth-order valence-corrected chi connectivity index (χ4v) is 6.31. The zero-order chi connectivity index (χ0) is 25.9. The summed E-state index contributed by atoms with van der Waals surface area (Å²) in [5.41, 5.74) is 1.94. The fourth-order valence-electron chi connectivity index (χ4n) is 4.48. The number of aliphatic hydroxyl groups excluding tert-OH is 1. The SMILES string of the molecule is C[C@H](CO)N1C[C@H](C)[C@@H](CN(C)Cc2cccnc2)Oc2cc(-c3ccccc3F)ccc2S1(=O)=O. The van der Waals surface area contributed by atoms with E-state index in [4.69, 9.17) is 4.74 Å². The van der Waals surface area contributed by atoms with E-state index in [-0.39, 0.29) is 35.8 Å². The standard InChI is InChI=1S/C27H32FN3O4S/c1-19-15-31(20(2)18-32)36(33,34)27-11-10-22(23-8-4-5-9-24(23)28)13-25(27)35-26(19)17-30(3)16-21-7-6-12-29-14-21/h4-14,19-20,26,32H,15-18H2,1-3H3/t19-,20+,26+/m0/s1. The van der Waals surface area contributed by atoms with Gasteiger partial charge in [0.05, 0.1) is 6.61 Å². The monoisotopic (exact) mass is 513 g/mol. The lowest BCUT2D eigenvalue weighted by atomic mass is 10.0. The average molecular weight is 514 g/mol. The number of hydrogen-bond donors (Lipinski definition) is 1. The van der Waals surface area contributed by atoms with Gasteiger partial charge in [0.25, 0.3) is 0 Å². The van der Waals surface area contributed by atoms with Crippen LogP contribution in [0.3, 0.4) is 0 Å². The highest BCUT2D eigenvalue weighted by Crippen LogP contribution is 2.37. The Balaban J connectivity index is 1.74. The molecule has 0 amide bonds. The van der Waals surface area contributed by atoms with Crippen LogP contribution in [0, 0.1) is 11.7 Å². The second-order valence-electron chi connectivity index (χ2n) is 9.44. The highest BCUT2D eigenvalue weighted by atomic mass is 32.2. The zero-order valence-corrected chi connectivity index (χ0v) is 21.5. The third-order valence-corrected chi connectivity index (χ3v) is 8.54. The van der Waals surface area contributed by atoms with Crippen molar-refractivity contribution in [3.8, 4) is 16.9 Å². The second kappa shape index (κ2) is 11.0. The molecular weight excluding hydrogens is 481 g/mol. The number of nitrogens with zero attached hydrogens (tertiary/aromatic N) is 3. The van der Waals surface area contributed by atoms with E-state index in [2.05, 4.69) is 9.88 Å². The summed E-state index contributed by atoms with van der Waals surface area (Å²) in [6.45, 7) is 4.70. The Morgan fingerprint density at radius 3 is 2.69 bits per heavy atom. The van der Waals surface area contributed by atoms with E-state index >= 15 is 0 Å². The lowest BCUT2D eigenvalue weighted by Gasteiger charge is -2.37. The van der Waals surface area contributed by atoms with E-state index in [1.807, 2.05) is 32.3 Å². The first-order valence-electron chi connectivity index (χ1n) is 12.0. The summed E-state index contributed by atoms with van der Waals surface area (Å²) in [5.74, 6) is -0.407. The first-order chi connectivity index (χ1) is 17.2. The van der Waals surface area contributed by atoms with Gasteiger partial charge in [0.15, 0.2) is 0 Å². The van der Waals surface area contributed by atoms with Crippen molar-refractivity contribution in [2.24, 2.45) is 5.92 Å². The topological polar surface area (TPSA) is 83.0 Å². The molecule has 3 aromatic rings. The summed E-state index contributed by atoms with van der Waals surface area (Å²) in [6.07, 6.45) is 3.18. The molecule has 1 aliphatic rings. The van der Waals surface area contributed by atoms with Gasteiger partial charge in [-0.05, 0) is 49.4 Å². The molecule has 0 aliphatic carbocycles. The molecule has 2 heterocycles. The number of halogens is 1. The molecule has 192 valence electrons. The number of aliphatic hydroxyl groups is 1. The maximum absolute atomic E-state index is 14.5. The van der Waals surface area contributed by atoms with E-state index in [1.165, 1.54) is 16.4 Å². The van der Waals surface area contributed by atoms with Gasteiger partial charge in [-0.3, -0.25) is 9.88 Å². The van der Waals surface area contributed by atoms with Crippen molar-refractivity contribution in [1.82, 2.24) is 14.2 Å². The minimum atomic E-state index is -3.96. The lowest BCUT2D eigenvalue weighted by molar-refractivity contribution is 0.0734. The van der Waals surface area contributed by atoms with Crippen molar-refractivity contribution < 1.29 is 22.7 Å². The molecule has 2 aromatic carbocycles. The van der Waals surface area contributed by atoms with Crippen LogP contribution in [0.5, 0.6) is 5.75 Å². The summed E-state index contributed by atoms with van der Waals surface area (Å²) in [6, 6.07) is 14.3. The number of rotatable bonds is 7. The first-order valence-corrected chi connectivity index (χ1v) is 13.4. The lowest BCUT2D eigenvalue weighted by Crippen LogP contribution is -2.49. The maximum Gasteiger partial charge on any atom is 0.247 e. The molecule has 0 bridgehead atoms. The molecule has 0 spiro atoms. The molecule has 36 heavy (non-hydrogen) atoms. The van der Waals surface area contributed by atoms with Gasteiger partial charge in [-0.15, -0.1) is 0 Å². The van der Waals surface area contributed by atoms with Crippen LogP contribution in [0.15, 0.2) is 71.9 Å². The smallest absolute Gasteiger partial charge is 0.247 e. The Labute approximate surface area is 212 Å². The summed E-state index contributed by atoms with van der Waals surface area (Å²) in [4.78, 5) is 6.29. The van der Waals surface area contributed by atoms with Gasteiger partial charge >= 0.3 is 0 Å². The molecule has 1 aliphatic heterocycles. The average Bonchev–Trinajstić information content (AvgIpc) is 2.86. The molecule has 0 radical (unpaired) electrons. The van der Waals surface area contributed by atoms with Crippen LogP contribution in [-0.2, 0) is 16.6 Å². The number of likely N-dealkylation sites (N-methyl/N-ethyl adjacent to an activating group) is 1. The number of benzene rings is 2. The molecule has 1 N–H and O–H groups in total. The molecule has 0 unspecified atom stereocenters. The van der Waals surface area contributed by atoms with Crippen molar-refractivity contribution in [2.75, 3.05) is 26.7 Å². The Bertz CT molecular complexity index is 1290. The summed E-state index contributed by atoms with van der Waals surface area (Å²) < 4.78 is 49.6. The van der Waals surface area contributed by atoms with Gasteiger partial charge in [0.1, 0.15) is 22.6 Å². The van der Waals surface area contributed by atoms with E-state index in [0.717, 1.165) is 5.56 Å². The van der Waals surface area contributed by atoms with Gasteiger partial charge in [-0.2, -0.15) is 4.31 Å². The molecule has 1 aromatic heterocycles. The van der Waals surface area contributed by atoms with Crippen molar-refractivity contribution in [3.63, 3.8) is 0 Å². The van der Waals surface area contributed by atoms with Crippen LogP contribution in [-0.4, -0.2) is 66.6 Å². The van der Waals surface area contributed by atoms with Crippen LogP contribution in [0.2, 0.25) is 0 Å². The van der Waals surface area contributed by atoms with Crippen LogP contribution in [0.4, 0.5) is 4.39 Å². The Morgan fingerprint density at radius 2 is 2.00 bits per heavy atom. The highest BCUT2D eigenvalue weighted by Gasteiger charge is 2.38. The minimum absolute atomic E-state index is 0.00898. The predicted molar refractivity (Wildman–Crippen MR) is 136 cm³/mol. The van der Waals surface area contributed by atoms with Crippen LogP contribution in [0.25, 0.3) is 11.1 Å².